The number of carbonyl (C=O) groups excluding carboxylic acids is 4. The predicted octanol–water partition coefficient (Wildman–Crippen LogP) is 3.63. The number of hydrogen-bond donors (Lipinski definition) is 3. The van der Waals surface area contributed by atoms with E-state index in [9.17, 15) is 24.3 Å². The standard InChI is InChI=1S/C22H40N2O7.C12H12N2OS/c1-21(2,3)19(20(28)24-10-7-16(25)15-24)23-17(26)8-11-29-13-14-30-12-9-18(27)31-22(4,5)6;1-9-12(16-8-14-9)11-4-2-10(3-5-11)6-13-7-15/h16,19,25H,7-15H2,1-6H3,(H,23,26);2-5,7-8H,6H2,1H3,(H,13,15). The van der Waals surface area contributed by atoms with Gasteiger partial charge in [0.2, 0.25) is 18.2 Å². The molecule has 1 aromatic heterocycles. The van der Waals surface area contributed by atoms with Gasteiger partial charge < -0.3 is 34.9 Å². The van der Waals surface area contributed by atoms with E-state index in [2.05, 4.69) is 27.8 Å². The highest BCUT2D eigenvalue weighted by Gasteiger charge is 2.37. The molecule has 12 nitrogen and oxygen atoms in total. The number of β-amino-alcohol motifs (C(OH)–C–C–N with tert-alkyl or cyclic N) is 1. The molecule has 3 rings (SSSR count). The maximum Gasteiger partial charge on any atom is 0.308 e. The van der Waals surface area contributed by atoms with E-state index in [4.69, 9.17) is 14.2 Å². The van der Waals surface area contributed by atoms with E-state index >= 15 is 0 Å². The van der Waals surface area contributed by atoms with E-state index in [0.717, 1.165) is 11.3 Å². The first-order chi connectivity index (χ1) is 22.1. The number of aliphatic hydroxyl groups excluding tert-OH is 1. The van der Waals surface area contributed by atoms with Crippen LogP contribution in [0, 0.1) is 12.3 Å². The molecule has 2 aromatic rings. The lowest BCUT2D eigenvalue weighted by Gasteiger charge is -2.33. The summed E-state index contributed by atoms with van der Waals surface area (Å²) in [7, 11) is 0. The number of nitrogens with zero attached hydrogens (tertiary/aromatic N) is 2. The smallest absolute Gasteiger partial charge is 0.308 e. The van der Waals surface area contributed by atoms with Crippen molar-refractivity contribution in [2.45, 2.75) is 92.0 Å². The molecule has 13 heteroatoms. The number of thiazole rings is 1. The van der Waals surface area contributed by atoms with Gasteiger partial charge in [-0.25, -0.2) is 4.98 Å². The highest BCUT2D eigenvalue weighted by molar-refractivity contribution is 7.13. The van der Waals surface area contributed by atoms with Gasteiger partial charge in [0.1, 0.15) is 11.6 Å². The fraction of sp³-hybridized carbons (Fsp3) is 0.618. The van der Waals surface area contributed by atoms with Crippen LogP contribution < -0.4 is 10.6 Å². The number of nitrogens with one attached hydrogen (secondary N) is 2. The molecule has 1 aliphatic heterocycles. The number of ether oxygens (including phenoxy) is 3. The van der Waals surface area contributed by atoms with Crippen LogP contribution in [0.2, 0.25) is 0 Å². The maximum absolute atomic E-state index is 12.8. The molecule has 0 bridgehead atoms. The Kier molecular flexibility index (Phi) is 16.5. The Morgan fingerprint density at radius 1 is 1.04 bits per heavy atom. The number of amides is 3. The average Bonchev–Trinajstić information content (AvgIpc) is 3.63. The van der Waals surface area contributed by atoms with Crippen LogP contribution in [0.4, 0.5) is 0 Å². The molecule has 1 saturated heterocycles. The average molecular weight is 677 g/mol. The molecule has 1 aliphatic rings. The Balaban J connectivity index is 0.000000398. The number of hydrogen-bond acceptors (Lipinski definition) is 10. The Bertz CT molecular complexity index is 1270. The lowest BCUT2D eigenvalue weighted by Crippen LogP contribution is -2.54. The molecule has 0 saturated carbocycles. The second-order valence-electron chi connectivity index (χ2n) is 13.4. The number of rotatable bonds is 15. The van der Waals surface area contributed by atoms with Crippen LogP contribution in [0.15, 0.2) is 29.8 Å². The summed E-state index contributed by atoms with van der Waals surface area (Å²) in [5.41, 5.74) is 4.22. The molecule has 2 unspecified atom stereocenters. The van der Waals surface area contributed by atoms with E-state index < -0.39 is 23.2 Å². The molecule has 1 fully saturated rings. The minimum absolute atomic E-state index is 0.125. The molecule has 47 heavy (non-hydrogen) atoms. The topological polar surface area (TPSA) is 156 Å². The van der Waals surface area contributed by atoms with Crippen molar-refractivity contribution in [1.29, 1.82) is 0 Å². The van der Waals surface area contributed by atoms with Crippen molar-refractivity contribution in [1.82, 2.24) is 20.5 Å². The summed E-state index contributed by atoms with van der Waals surface area (Å²) in [6, 6.07) is 7.49. The summed E-state index contributed by atoms with van der Waals surface area (Å²) < 4.78 is 15.9. The van der Waals surface area contributed by atoms with Crippen molar-refractivity contribution in [3.8, 4) is 10.4 Å². The van der Waals surface area contributed by atoms with Gasteiger partial charge in [-0.15, -0.1) is 11.3 Å². The molecule has 0 spiro atoms. The largest absolute Gasteiger partial charge is 0.460 e. The Morgan fingerprint density at radius 3 is 2.19 bits per heavy atom. The van der Waals surface area contributed by atoms with Crippen molar-refractivity contribution in [3.63, 3.8) is 0 Å². The molecule has 2 heterocycles. The first-order valence-electron chi connectivity index (χ1n) is 15.9. The highest BCUT2D eigenvalue weighted by atomic mass is 32.1. The second kappa shape index (κ2) is 19.4. The first kappa shape index (κ1) is 39.8. The maximum atomic E-state index is 12.8. The Hall–Kier alpha value is -3.39. The summed E-state index contributed by atoms with van der Waals surface area (Å²) >= 11 is 1.64. The zero-order valence-electron chi connectivity index (χ0n) is 28.8. The van der Waals surface area contributed by atoms with Crippen LogP contribution >= 0.6 is 11.3 Å². The molecule has 2 atom stereocenters. The molecule has 1 aromatic carbocycles. The molecular weight excluding hydrogens is 624 g/mol. The van der Waals surface area contributed by atoms with Gasteiger partial charge in [-0.05, 0) is 50.7 Å². The van der Waals surface area contributed by atoms with E-state index in [1.165, 1.54) is 10.4 Å². The van der Waals surface area contributed by atoms with Crippen molar-refractivity contribution in [3.05, 3.63) is 41.0 Å². The van der Waals surface area contributed by atoms with Gasteiger partial charge in [-0.2, -0.15) is 0 Å². The number of esters is 1. The minimum Gasteiger partial charge on any atom is -0.460 e. The SMILES string of the molecule is CC(C)(C)OC(=O)CCOCCOCCC(=O)NC(C(=O)N1CCC(O)C1)C(C)(C)C.Cc1ncsc1-c1ccc(CNC=O)cc1. The van der Waals surface area contributed by atoms with Crippen LogP contribution in [-0.2, 0) is 39.9 Å². The minimum atomic E-state index is -0.665. The number of likely N-dealkylation sites (tertiary alicyclic amines) is 1. The molecule has 0 aliphatic carbocycles. The van der Waals surface area contributed by atoms with E-state index in [-0.39, 0.29) is 43.8 Å². The van der Waals surface area contributed by atoms with Gasteiger partial charge in [0.15, 0.2) is 0 Å². The third-order valence-electron chi connectivity index (χ3n) is 6.96. The van der Waals surface area contributed by atoms with Crippen molar-refractivity contribution >= 4 is 35.5 Å². The second-order valence-corrected chi connectivity index (χ2v) is 14.2. The van der Waals surface area contributed by atoms with Gasteiger partial charge in [-0.3, -0.25) is 19.2 Å². The zero-order valence-corrected chi connectivity index (χ0v) is 29.6. The van der Waals surface area contributed by atoms with Crippen LogP contribution in [0.25, 0.3) is 10.4 Å². The monoisotopic (exact) mass is 676 g/mol. The zero-order chi connectivity index (χ0) is 35.0. The van der Waals surface area contributed by atoms with Crippen LogP contribution in [0.5, 0.6) is 0 Å². The third-order valence-corrected chi connectivity index (χ3v) is 7.94. The highest BCUT2D eigenvalue weighted by Crippen LogP contribution is 2.27. The van der Waals surface area contributed by atoms with Crippen molar-refractivity contribution < 1.29 is 38.5 Å². The van der Waals surface area contributed by atoms with Gasteiger partial charge in [0, 0.05) is 26.1 Å². The number of aryl methyl sites for hydroxylation is 1. The van der Waals surface area contributed by atoms with Gasteiger partial charge in [0.05, 0.1) is 55.0 Å². The van der Waals surface area contributed by atoms with E-state index in [1.54, 1.807) is 16.2 Å². The summed E-state index contributed by atoms with van der Waals surface area (Å²) in [6.45, 7) is 15.6. The lowest BCUT2D eigenvalue weighted by molar-refractivity contribution is -0.156. The normalized spacial score (nSPS) is 15.3. The summed E-state index contributed by atoms with van der Waals surface area (Å²) in [5, 5.41) is 15.1. The molecule has 3 amide bonds. The van der Waals surface area contributed by atoms with Crippen molar-refractivity contribution in [2.75, 3.05) is 39.5 Å². The lowest BCUT2D eigenvalue weighted by atomic mass is 9.85. The fourth-order valence-electron chi connectivity index (χ4n) is 4.55. The summed E-state index contributed by atoms with van der Waals surface area (Å²) in [6.07, 6.45) is 1.07. The van der Waals surface area contributed by atoms with Crippen LogP contribution in [0.1, 0.15) is 72.1 Å². The van der Waals surface area contributed by atoms with E-state index in [1.807, 2.05) is 66.1 Å². The number of aromatic nitrogens is 1. The number of aliphatic hydroxyl groups is 1. The quantitative estimate of drug-likeness (QED) is 0.146. The van der Waals surface area contributed by atoms with Crippen LogP contribution in [0.3, 0.4) is 0 Å². The summed E-state index contributed by atoms with van der Waals surface area (Å²) in [5.74, 6) is -0.743. The number of benzene rings is 1. The molecule has 262 valence electrons. The van der Waals surface area contributed by atoms with Gasteiger partial charge >= 0.3 is 5.97 Å². The van der Waals surface area contributed by atoms with Gasteiger partial charge in [0.25, 0.3) is 0 Å². The van der Waals surface area contributed by atoms with E-state index in [0.29, 0.717) is 45.7 Å². The predicted molar refractivity (Wildman–Crippen MR) is 180 cm³/mol. The van der Waals surface area contributed by atoms with Crippen LogP contribution in [-0.4, -0.2) is 96.4 Å². The van der Waals surface area contributed by atoms with Gasteiger partial charge in [-0.1, -0.05) is 45.0 Å². The Labute approximate surface area is 282 Å². The summed E-state index contributed by atoms with van der Waals surface area (Å²) in [4.78, 5) is 53.9. The Morgan fingerprint density at radius 2 is 1.68 bits per heavy atom. The third kappa shape index (κ3) is 15.4. The fourth-order valence-corrected chi connectivity index (χ4v) is 5.37. The first-order valence-corrected chi connectivity index (χ1v) is 16.8. The molecular formula is C34H52N4O8S. The molecule has 0 radical (unpaired) electrons. The number of carbonyl (C=O) groups is 4. The van der Waals surface area contributed by atoms with Crippen molar-refractivity contribution in [2.24, 2.45) is 5.41 Å². The molecule has 3 N–H and O–H groups in total.